The van der Waals surface area contributed by atoms with Gasteiger partial charge < -0.3 is 10.4 Å². The summed E-state index contributed by atoms with van der Waals surface area (Å²) in [4.78, 5) is 23.9. The van der Waals surface area contributed by atoms with Gasteiger partial charge in [-0.1, -0.05) is 44.4 Å². The van der Waals surface area contributed by atoms with E-state index in [1.807, 2.05) is 25.1 Å². The maximum Gasteiger partial charge on any atom is 0.326 e. The normalized spacial score (nSPS) is 17.2. The van der Waals surface area contributed by atoms with Crippen molar-refractivity contribution >= 4 is 11.9 Å². The van der Waals surface area contributed by atoms with E-state index in [-0.39, 0.29) is 11.8 Å². The van der Waals surface area contributed by atoms with E-state index < -0.39 is 12.0 Å². The summed E-state index contributed by atoms with van der Waals surface area (Å²) in [5.41, 5.74) is 1.53. The molecule has 1 aromatic carbocycles. The summed E-state index contributed by atoms with van der Waals surface area (Å²) in [7, 11) is 0. The van der Waals surface area contributed by atoms with E-state index >= 15 is 0 Å². The lowest BCUT2D eigenvalue weighted by molar-refractivity contribution is -0.141. The Morgan fingerprint density at radius 2 is 1.90 bits per heavy atom. The van der Waals surface area contributed by atoms with Gasteiger partial charge >= 0.3 is 5.97 Å². The van der Waals surface area contributed by atoms with E-state index in [0.717, 1.165) is 44.1 Å². The smallest absolute Gasteiger partial charge is 0.326 e. The third-order valence-corrected chi connectivity index (χ3v) is 4.32. The number of nitrogens with one attached hydrogen (secondary N) is 1. The first-order chi connectivity index (χ1) is 10.1. The fourth-order valence-electron chi connectivity index (χ4n) is 3.12. The first-order valence-electron chi connectivity index (χ1n) is 7.75. The predicted octanol–water partition coefficient (Wildman–Crippen LogP) is 3.01. The molecule has 0 saturated heterocycles. The Morgan fingerprint density at radius 3 is 2.52 bits per heavy atom. The first-order valence-corrected chi connectivity index (χ1v) is 7.75. The molecule has 2 N–H and O–H groups in total. The van der Waals surface area contributed by atoms with Crippen LogP contribution in [0.1, 0.15) is 54.9 Å². The van der Waals surface area contributed by atoms with Gasteiger partial charge in [0.25, 0.3) is 5.91 Å². The predicted molar refractivity (Wildman–Crippen MR) is 81.3 cm³/mol. The number of benzene rings is 1. The average molecular weight is 289 g/mol. The Hall–Kier alpha value is -1.84. The van der Waals surface area contributed by atoms with Gasteiger partial charge in [-0.3, -0.25) is 4.79 Å². The molecule has 1 amide bonds. The summed E-state index contributed by atoms with van der Waals surface area (Å²) in [6, 6.07) is 6.59. The molecule has 4 nitrogen and oxygen atoms in total. The minimum absolute atomic E-state index is 0.0500. The number of hydrogen-bond acceptors (Lipinski definition) is 2. The molecular formula is C17H23NO3. The maximum atomic E-state index is 12.4. The third kappa shape index (κ3) is 3.84. The molecule has 1 aliphatic rings. The fourth-order valence-corrected chi connectivity index (χ4v) is 3.12. The van der Waals surface area contributed by atoms with E-state index in [9.17, 15) is 14.7 Å². The van der Waals surface area contributed by atoms with Crippen molar-refractivity contribution in [1.29, 1.82) is 0 Å². The Morgan fingerprint density at radius 1 is 1.24 bits per heavy atom. The average Bonchev–Trinajstić information content (AvgIpc) is 2.52. The lowest BCUT2D eigenvalue weighted by Gasteiger charge is -2.28. The number of aryl methyl sites for hydroxylation is 1. The molecule has 1 aliphatic carbocycles. The Kier molecular flexibility index (Phi) is 5.37. The third-order valence-electron chi connectivity index (χ3n) is 4.32. The number of amides is 1. The topological polar surface area (TPSA) is 66.4 Å². The molecule has 0 spiro atoms. The fraction of sp³-hybridized carbons (Fsp3) is 0.529. The van der Waals surface area contributed by atoms with Crippen molar-refractivity contribution < 1.29 is 14.7 Å². The summed E-state index contributed by atoms with van der Waals surface area (Å²) >= 11 is 0. The van der Waals surface area contributed by atoms with Crippen LogP contribution in [0.4, 0.5) is 0 Å². The van der Waals surface area contributed by atoms with Crippen molar-refractivity contribution in [2.24, 2.45) is 5.92 Å². The summed E-state index contributed by atoms with van der Waals surface area (Å²) in [6.45, 7) is 1.99. The first kappa shape index (κ1) is 15.5. The Labute approximate surface area is 125 Å². The standard InChI is InChI=1S/C17H23NO3/c1-2-12-8-6-7-11-14(12)16(19)18-15(17(20)21)13-9-4-3-5-10-13/h6-8,11,13,15H,2-5,9-10H2,1H3,(H,18,19)(H,20,21). The van der Waals surface area contributed by atoms with Gasteiger partial charge in [0.05, 0.1) is 0 Å². The monoisotopic (exact) mass is 289 g/mol. The highest BCUT2D eigenvalue weighted by Gasteiger charge is 2.31. The van der Waals surface area contributed by atoms with Crippen molar-refractivity contribution in [2.45, 2.75) is 51.5 Å². The zero-order valence-electron chi connectivity index (χ0n) is 12.5. The van der Waals surface area contributed by atoms with Gasteiger partial charge in [0.15, 0.2) is 0 Å². The molecule has 0 aliphatic heterocycles. The van der Waals surface area contributed by atoms with Crippen LogP contribution >= 0.6 is 0 Å². The van der Waals surface area contributed by atoms with Crippen molar-refractivity contribution in [2.75, 3.05) is 0 Å². The summed E-state index contributed by atoms with van der Waals surface area (Å²) in [6.07, 6.45) is 5.78. The second kappa shape index (κ2) is 7.25. The minimum atomic E-state index is -0.927. The zero-order chi connectivity index (χ0) is 15.2. The van der Waals surface area contributed by atoms with Gasteiger partial charge in [0.1, 0.15) is 6.04 Å². The van der Waals surface area contributed by atoms with Crippen LogP contribution < -0.4 is 5.32 Å². The van der Waals surface area contributed by atoms with Crippen LogP contribution in [0.15, 0.2) is 24.3 Å². The van der Waals surface area contributed by atoms with E-state index in [4.69, 9.17) is 0 Å². The quantitative estimate of drug-likeness (QED) is 0.875. The van der Waals surface area contributed by atoms with Crippen LogP contribution in [0, 0.1) is 5.92 Å². The van der Waals surface area contributed by atoms with Gasteiger partial charge in [0, 0.05) is 5.56 Å². The van der Waals surface area contributed by atoms with Crippen LogP contribution in [0.3, 0.4) is 0 Å². The van der Waals surface area contributed by atoms with Gasteiger partial charge in [-0.25, -0.2) is 4.79 Å². The Balaban J connectivity index is 2.12. The lowest BCUT2D eigenvalue weighted by Crippen LogP contribution is -2.46. The van der Waals surface area contributed by atoms with Crippen molar-refractivity contribution in [3.8, 4) is 0 Å². The van der Waals surface area contributed by atoms with Crippen molar-refractivity contribution in [3.63, 3.8) is 0 Å². The zero-order valence-corrected chi connectivity index (χ0v) is 12.5. The van der Waals surface area contributed by atoms with Crippen LogP contribution in [0.2, 0.25) is 0 Å². The number of carbonyl (C=O) groups is 2. The van der Waals surface area contributed by atoms with Gasteiger partial charge in [-0.05, 0) is 36.8 Å². The summed E-state index contributed by atoms with van der Waals surface area (Å²) in [5.74, 6) is -1.15. The molecule has 1 atom stereocenters. The van der Waals surface area contributed by atoms with Crippen LogP contribution in [0.5, 0.6) is 0 Å². The van der Waals surface area contributed by atoms with Gasteiger partial charge in [-0.2, -0.15) is 0 Å². The number of rotatable bonds is 5. The van der Waals surface area contributed by atoms with Crippen LogP contribution in [0.25, 0.3) is 0 Å². The van der Waals surface area contributed by atoms with Crippen molar-refractivity contribution in [3.05, 3.63) is 35.4 Å². The molecule has 0 aromatic heterocycles. The minimum Gasteiger partial charge on any atom is -0.480 e. The number of aliphatic carboxylic acids is 1. The van der Waals surface area contributed by atoms with E-state index in [1.165, 1.54) is 0 Å². The number of carboxylic acids is 1. The lowest BCUT2D eigenvalue weighted by atomic mass is 9.83. The maximum absolute atomic E-state index is 12.4. The number of carboxylic acid groups (broad SMARTS) is 1. The molecule has 2 rings (SSSR count). The molecule has 1 saturated carbocycles. The highest BCUT2D eigenvalue weighted by molar-refractivity contribution is 5.97. The highest BCUT2D eigenvalue weighted by atomic mass is 16.4. The molecular weight excluding hydrogens is 266 g/mol. The summed E-state index contributed by atoms with van der Waals surface area (Å²) in [5, 5.41) is 12.2. The molecule has 0 radical (unpaired) electrons. The highest BCUT2D eigenvalue weighted by Crippen LogP contribution is 2.27. The largest absolute Gasteiger partial charge is 0.480 e. The summed E-state index contributed by atoms with van der Waals surface area (Å²) < 4.78 is 0. The molecule has 114 valence electrons. The van der Waals surface area contributed by atoms with Crippen LogP contribution in [-0.2, 0) is 11.2 Å². The Bertz CT molecular complexity index is 507. The second-order valence-electron chi connectivity index (χ2n) is 5.70. The molecule has 1 unspecified atom stereocenters. The SMILES string of the molecule is CCc1ccccc1C(=O)NC(C(=O)O)C1CCCCC1. The van der Waals surface area contributed by atoms with Gasteiger partial charge in [-0.15, -0.1) is 0 Å². The number of hydrogen-bond donors (Lipinski definition) is 2. The second-order valence-corrected chi connectivity index (χ2v) is 5.70. The molecule has 1 aromatic rings. The molecule has 21 heavy (non-hydrogen) atoms. The molecule has 4 heteroatoms. The van der Waals surface area contributed by atoms with E-state index in [0.29, 0.717) is 5.56 Å². The number of carbonyl (C=O) groups excluding carboxylic acids is 1. The van der Waals surface area contributed by atoms with E-state index in [2.05, 4.69) is 5.32 Å². The van der Waals surface area contributed by atoms with Gasteiger partial charge in [0.2, 0.25) is 0 Å². The van der Waals surface area contributed by atoms with Crippen LogP contribution in [-0.4, -0.2) is 23.0 Å². The van der Waals surface area contributed by atoms with E-state index in [1.54, 1.807) is 6.07 Å². The molecule has 0 heterocycles. The molecule has 0 bridgehead atoms. The molecule has 1 fully saturated rings. The van der Waals surface area contributed by atoms with Crippen molar-refractivity contribution in [1.82, 2.24) is 5.32 Å².